The first-order chi connectivity index (χ1) is 28.1. The largest absolute Gasteiger partial charge is 0.479 e. The first-order valence-corrected chi connectivity index (χ1v) is 21.6. The first kappa shape index (κ1) is 47.2. The van der Waals surface area contributed by atoms with Crippen LogP contribution in [-0.2, 0) is 38.1 Å². The summed E-state index contributed by atoms with van der Waals surface area (Å²) in [6, 6.07) is -1.31. The van der Waals surface area contributed by atoms with Gasteiger partial charge in [0.05, 0.1) is 24.9 Å². The van der Waals surface area contributed by atoms with Gasteiger partial charge in [-0.2, -0.15) is 0 Å². The van der Waals surface area contributed by atoms with Gasteiger partial charge in [-0.25, -0.2) is 9.78 Å². The van der Waals surface area contributed by atoms with Crippen LogP contribution in [0.2, 0.25) is 0 Å². The van der Waals surface area contributed by atoms with Gasteiger partial charge < -0.3 is 70.3 Å². The van der Waals surface area contributed by atoms with Crippen molar-refractivity contribution in [3.63, 3.8) is 0 Å². The fourth-order valence-electron chi connectivity index (χ4n) is 8.62. The number of hydrogen-bond acceptors (Lipinski definition) is 16. The molecule has 0 spiro atoms. The van der Waals surface area contributed by atoms with Crippen molar-refractivity contribution >= 4 is 35.0 Å². The minimum atomic E-state index is -1.66. The molecule has 8 unspecified atom stereocenters. The number of carbonyl (C=O) groups excluding carboxylic acids is 3. The van der Waals surface area contributed by atoms with Crippen molar-refractivity contribution in [2.24, 2.45) is 17.8 Å². The fraction of sp³-hybridized carbons (Fsp3) is 0.821. The highest BCUT2D eigenvalue weighted by atomic mass is 32.1. The van der Waals surface area contributed by atoms with Crippen LogP contribution in [0.5, 0.6) is 0 Å². The summed E-state index contributed by atoms with van der Waals surface area (Å²) in [5, 5.41) is 74.2. The van der Waals surface area contributed by atoms with Gasteiger partial charge in [-0.1, -0.05) is 45.4 Å². The number of ether oxygens (including phenoxy) is 5. The van der Waals surface area contributed by atoms with E-state index in [0.717, 1.165) is 37.8 Å². The maximum absolute atomic E-state index is 13.8. The number of hydrogen-bond donors (Lipinski definition) is 9. The molecule has 4 fully saturated rings. The number of aryl methyl sites for hydroxylation is 1. The Bertz CT molecular complexity index is 1550. The predicted octanol–water partition coefficient (Wildman–Crippen LogP) is -0.277. The predicted molar refractivity (Wildman–Crippen MR) is 208 cm³/mol. The van der Waals surface area contributed by atoms with E-state index in [9.17, 15) is 49.8 Å². The molecule has 2 saturated heterocycles. The van der Waals surface area contributed by atoms with Crippen molar-refractivity contribution in [1.82, 2.24) is 20.9 Å². The molecular formula is C39H62N4O15S. The Labute approximate surface area is 347 Å². The molecule has 2 aliphatic heterocycles. The van der Waals surface area contributed by atoms with E-state index in [0.29, 0.717) is 11.4 Å². The highest BCUT2D eigenvalue weighted by Crippen LogP contribution is 2.40. The van der Waals surface area contributed by atoms with Crippen LogP contribution < -0.4 is 16.0 Å². The van der Waals surface area contributed by atoms with Crippen molar-refractivity contribution in [2.75, 3.05) is 19.7 Å². The summed E-state index contributed by atoms with van der Waals surface area (Å²) in [5.41, 5.74) is 0.718. The standard InChI is InChI=1S/C39H62N4O15S/c1-5-22-14-23(34(50)40-11-12-41-35(51)36-42-18(2)17-59-36)15-24(32(22)58-39-31(49)30(48)28(46)19(3)54-39)56-38-27(43-20(4)45)33(29(47)26(16-44)57-38)55-25(37(52)53)13-21-9-7-6-8-10-21/h17,19,21-33,38-39,44,46-49H,5-16H2,1-4H3,(H,40,50)(H,41,51)(H,43,45)(H,52,53)/t19-,22?,23?,24+,25-,26?,27?,28-,29-,30?,31-,32?,33?,38+,39?/m0/s1. The summed E-state index contributed by atoms with van der Waals surface area (Å²) in [6.07, 6.45) is -10.7. The van der Waals surface area contributed by atoms with E-state index < -0.39 is 110 Å². The molecule has 0 bridgehead atoms. The molecule has 15 atom stereocenters. The van der Waals surface area contributed by atoms with Crippen molar-refractivity contribution in [3.05, 3.63) is 16.1 Å². The molecule has 334 valence electrons. The van der Waals surface area contributed by atoms with Gasteiger partial charge in [-0.3, -0.25) is 14.4 Å². The van der Waals surface area contributed by atoms with E-state index in [4.69, 9.17) is 23.7 Å². The van der Waals surface area contributed by atoms with Crippen molar-refractivity contribution < 1.29 is 73.5 Å². The maximum atomic E-state index is 13.8. The number of amides is 3. The highest BCUT2D eigenvalue weighted by molar-refractivity contribution is 7.11. The lowest BCUT2D eigenvalue weighted by Crippen LogP contribution is -2.67. The lowest BCUT2D eigenvalue weighted by atomic mass is 9.75. The molecule has 4 aliphatic rings. The number of aliphatic hydroxyl groups excluding tert-OH is 5. The maximum Gasteiger partial charge on any atom is 0.332 e. The Morgan fingerprint density at radius 2 is 1.64 bits per heavy atom. The topological polar surface area (TPSA) is 285 Å². The third kappa shape index (κ3) is 12.2. The van der Waals surface area contributed by atoms with Crippen LogP contribution in [0.3, 0.4) is 0 Å². The summed E-state index contributed by atoms with van der Waals surface area (Å²) in [6.45, 7) is 5.88. The fourth-order valence-corrected chi connectivity index (χ4v) is 9.33. The lowest BCUT2D eigenvalue weighted by molar-refractivity contribution is -0.338. The molecule has 5 rings (SSSR count). The van der Waals surface area contributed by atoms with Crippen LogP contribution in [0.1, 0.15) is 94.1 Å². The second-order valence-corrected chi connectivity index (χ2v) is 17.1. The van der Waals surface area contributed by atoms with Gasteiger partial charge in [0.15, 0.2) is 23.7 Å². The molecule has 1 aromatic heterocycles. The summed E-state index contributed by atoms with van der Waals surface area (Å²) in [5.74, 6) is -3.59. The Morgan fingerprint density at radius 1 is 0.932 bits per heavy atom. The molecule has 9 N–H and O–H groups in total. The van der Waals surface area contributed by atoms with Crippen molar-refractivity contribution in [3.8, 4) is 0 Å². The van der Waals surface area contributed by atoms with Gasteiger partial charge in [0.1, 0.15) is 42.7 Å². The van der Waals surface area contributed by atoms with Gasteiger partial charge in [-0.05, 0) is 44.9 Å². The number of nitrogens with one attached hydrogen (secondary N) is 3. The second kappa shape index (κ2) is 21.8. The summed E-state index contributed by atoms with van der Waals surface area (Å²) in [4.78, 5) is 55.7. The quantitative estimate of drug-likeness (QED) is 0.0912. The SMILES string of the molecule is CCC1CC(C(=O)NCCNC(=O)c2nc(C)cs2)C[C@@H](O[C@@H]2OC(CO)[C@H](O)C(O[C@@H](CC3CCCCC3)C(=O)O)C2NC(C)=O)C1OC1O[C@@H](C)[C@H](O)C(O)[C@@H]1O. The summed E-state index contributed by atoms with van der Waals surface area (Å²) in [7, 11) is 0. The molecule has 2 saturated carbocycles. The molecule has 3 amide bonds. The van der Waals surface area contributed by atoms with E-state index in [1.165, 1.54) is 25.2 Å². The Balaban J connectivity index is 1.39. The first-order valence-electron chi connectivity index (χ1n) is 20.7. The molecule has 3 heterocycles. The third-order valence-electron chi connectivity index (χ3n) is 11.9. The van der Waals surface area contributed by atoms with Gasteiger partial charge in [-0.15, -0.1) is 11.3 Å². The van der Waals surface area contributed by atoms with E-state index in [1.807, 2.05) is 6.92 Å². The van der Waals surface area contributed by atoms with Crippen LogP contribution in [-0.4, -0.2) is 159 Å². The van der Waals surface area contributed by atoms with Crippen LogP contribution >= 0.6 is 11.3 Å². The van der Waals surface area contributed by atoms with E-state index >= 15 is 0 Å². The molecule has 2 aliphatic carbocycles. The Kier molecular flexibility index (Phi) is 17.4. The van der Waals surface area contributed by atoms with Crippen LogP contribution in [0.25, 0.3) is 0 Å². The zero-order valence-electron chi connectivity index (χ0n) is 34.0. The number of aromatic nitrogens is 1. The van der Waals surface area contributed by atoms with E-state index in [-0.39, 0.29) is 50.1 Å². The highest BCUT2D eigenvalue weighted by Gasteiger charge is 2.53. The molecule has 19 nitrogen and oxygen atoms in total. The van der Waals surface area contributed by atoms with Gasteiger partial charge in [0, 0.05) is 37.0 Å². The Morgan fingerprint density at radius 3 is 2.27 bits per heavy atom. The molecule has 20 heteroatoms. The normalized spacial score (nSPS) is 36.0. The zero-order chi connectivity index (χ0) is 43.0. The monoisotopic (exact) mass is 858 g/mol. The lowest BCUT2D eigenvalue weighted by Gasteiger charge is -2.49. The average Bonchev–Trinajstić information content (AvgIpc) is 3.66. The van der Waals surface area contributed by atoms with Crippen LogP contribution in [0.15, 0.2) is 5.38 Å². The van der Waals surface area contributed by atoms with Crippen molar-refractivity contribution in [1.29, 1.82) is 0 Å². The number of carboxylic acids is 1. The zero-order valence-corrected chi connectivity index (χ0v) is 34.8. The third-order valence-corrected chi connectivity index (χ3v) is 12.8. The number of rotatable bonds is 17. The number of aliphatic carboxylic acids is 1. The summed E-state index contributed by atoms with van der Waals surface area (Å²) < 4.78 is 31.0. The number of aliphatic hydroxyl groups is 5. The smallest absolute Gasteiger partial charge is 0.332 e. The second-order valence-electron chi connectivity index (χ2n) is 16.2. The number of nitrogens with zero attached hydrogens (tertiary/aromatic N) is 1. The Hall–Kier alpha value is -2.89. The van der Waals surface area contributed by atoms with Gasteiger partial charge in [0.2, 0.25) is 11.8 Å². The van der Waals surface area contributed by atoms with Gasteiger partial charge in [0.25, 0.3) is 5.91 Å². The van der Waals surface area contributed by atoms with Gasteiger partial charge >= 0.3 is 5.97 Å². The molecule has 59 heavy (non-hydrogen) atoms. The molecule has 0 aromatic carbocycles. The minimum Gasteiger partial charge on any atom is -0.479 e. The minimum absolute atomic E-state index is 0.00868. The molecular weight excluding hydrogens is 797 g/mol. The number of carboxylic acid groups (broad SMARTS) is 1. The average molecular weight is 859 g/mol. The summed E-state index contributed by atoms with van der Waals surface area (Å²) >= 11 is 1.21. The molecule has 1 aromatic rings. The molecule has 0 radical (unpaired) electrons. The van der Waals surface area contributed by atoms with E-state index in [2.05, 4.69) is 20.9 Å². The number of carbonyl (C=O) groups is 4. The van der Waals surface area contributed by atoms with Crippen LogP contribution in [0.4, 0.5) is 0 Å². The van der Waals surface area contributed by atoms with E-state index in [1.54, 1.807) is 12.3 Å². The van der Waals surface area contributed by atoms with Crippen molar-refractivity contribution in [2.45, 2.75) is 165 Å². The van der Waals surface area contributed by atoms with Crippen LogP contribution in [0, 0.1) is 24.7 Å². The number of thiazole rings is 1.